The lowest BCUT2D eigenvalue weighted by molar-refractivity contribution is -0.134. The second-order valence-electron chi connectivity index (χ2n) is 5.45. The molecule has 1 saturated carbocycles. The summed E-state index contributed by atoms with van der Waals surface area (Å²) in [6, 6.07) is 0.0903. The van der Waals surface area contributed by atoms with Crippen molar-refractivity contribution in [2.24, 2.45) is 11.1 Å². The first kappa shape index (κ1) is 15.0. The molecule has 18 heavy (non-hydrogen) atoms. The lowest BCUT2D eigenvalue weighted by Gasteiger charge is -2.34. The Balaban J connectivity index is 2.45. The summed E-state index contributed by atoms with van der Waals surface area (Å²) in [6.07, 6.45) is 4.93. The summed E-state index contributed by atoms with van der Waals surface area (Å²) < 4.78 is 0. The van der Waals surface area contributed by atoms with Gasteiger partial charge < -0.3 is 16.4 Å². The van der Waals surface area contributed by atoms with Crippen LogP contribution >= 0.6 is 0 Å². The van der Waals surface area contributed by atoms with E-state index in [0.717, 1.165) is 25.7 Å². The van der Waals surface area contributed by atoms with Crippen molar-refractivity contribution >= 4 is 11.8 Å². The zero-order valence-electron chi connectivity index (χ0n) is 11.4. The number of hydrogen-bond donors (Lipinski definition) is 3. The smallest absolute Gasteiger partial charge is 0.239 e. The maximum absolute atomic E-state index is 12.2. The zero-order valence-corrected chi connectivity index (χ0v) is 11.4. The van der Waals surface area contributed by atoms with Gasteiger partial charge in [-0.2, -0.15) is 0 Å². The van der Waals surface area contributed by atoms with Crippen LogP contribution in [0.25, 0.3) is 0 Å². The third-order valence-electron chi connectivity index (χ3n) is 3.54. The zero-order chi connectivity index (χ0) is 13.6. The minimum absolute atomic E-state index is 0.0404. The SMILES string of the molecule is CC(C)NC(=O)CNC(=O)C1(CN)CCCCC1. The van der Waals surface area contributed by atoms with Crippen LogP contribution in [0.3, 0.4) is 0 Å². The van der Waals surface area contributed by atoms with Crippen molar-refractivity contribution in [1.29, 1.82) is 0 Å². The molecule has 0 aromatic rings. The fourth-order valence-electron chi connectivity index (χ4n) is 2.47. The van der Waals surface area contributed by atoms with Crippen molar-refractivity contribution in [2.45, 2.75) is 52.0 Å². The van der Waals surface area contributed by atoms with E-state index in [2.05, 4.69) is 10.6 Å². The summed E-state index contributed by atoms with van der Waals surface area (Å²) in [5.41, 5.74) is 5.32. The quantitative estimate of drug-likeness (QED) is 0.670. The minimum atomic E-state index is -0.448. The van der Waals surface area contributed by atoms with Gasteiger partial charge in [0.05, 0.1) is 12.0 Å². The van der Waals surface area contributed by atoms with Crippen LogP contribution < -0.4 is 16.4 Å². The van der Waals surface area contributed by atoms with Gasteiger partial charge in [0.2, 0.25) is 11.8 Å². The molecule has 0 heterocycles. The molecule has 0 saturated heterocycles. The van der Waals surface area contributed by atoms with Crippen LogP contribution in [0, 0.1) is 5.41 Å². The maximum atomic E-state index is 12.2. The number of nitrogens with one attached hydrogen (secondary N) is 2. The number of amides is 2. The molecule has 1 aliphatic carbocycles. The number of rotatable bonds is 5. The van der Waals surface area contributed by atoms with Crippen LogP contribution in [-0.2, 0) is 9.59 Å². The molecule has 104 valence electrons. The summed E-state index contributed by atoms with van der Waals surface area (Å²) in [6.45, 7) is 4.19. The Morgan fingerprint density at radius 3 is 2.33 bits per heavy atom. The van der Waals surface area contributed by atoms with E-state index < -0.39 is 5.41 Å². The van der Waals surface area contributed by atoms with Gasteiger partial charge in [0.15, 0.2) is 0 Å². The summed E-state index contributed by atoms with van der Waals surface area (Å²) in [7, 11) is 0. The van der Waals surface area contributed by atoms with Gasteiger partial charge in [0.25, 0.3) is 0 Å². The summed E-state index contributed by atoms with van der Waals surface area (Å²) >= 11 is 0. The molecule has 1 aliphatic rings. The first-order valence-corrected chi connectivity index (χ1v) is 6.78. The second kappa shape index (κ2) is 6.73. The molecule has 0 aliphatic heterocycles. The highest BCUT2D eigenvalue weighted by Gasteiger charge is 2.38. The van der Waals surface area contributed by atoms with Crippen LogP contribution in [0.4, 0.5) is 0 Å². The van der Waals surface area contributed by atoms with Crippen molar-refractivity contribution in [3.8, 4) is 0 Å². The van der Waals surface area contributed by atoms with Gasteiger partial charge in [-0.05, 0) is 26.7 Å². The number of carbonyl (C=O) groups is 2. The first-order chi connectivity index (χ1) is 8.50. The molecule has 0 unspecified atom stereocenters. The predicted octanol–water partition coefficient (Wildman–Crippen LogP) is 0.536. The van der Waals surface area contributed by atoms with Crippen LogP contribution in [0.1, 0.15) is 46.0 Å². The molecule has 0 aromatic carbocycles. The van der Waals surface area contributed by atoms with Gasteiger partial charge >= 0.3 is 0 Å². The third kappa shape index (κ3) is 3.98. The fraction of sp³-hybridized carbons (Fsp3) is 0.846. The van der Waals surface area contributed by atoms with E-state index in [9.17, 15) is 9.59 Å². The topological polar surface area (TPSA) is 84.2 Å². The second-order valence-corrected chi connectivity index (χ2v) is 5.45. The molecule has 0 aromatic heterocycles. The van der Waals surface area contributed by atoms with E-state index in [4.69, 9.17) is 5.73 Å². The van der Waals surface area contributed by atoms with Gasteiger partial charge in [-0.25, -0.2) is 0 Å². The van der Waals surface area contributed by atoms with Crippen LogP contribution in [-0.4, -0.2) is 30.9 Å². The highest BCUT2D eigenvalue weighted by atomic mass is 16.2. The van der Waals surface area contributed by atoms with E-state index in [1.54, 1.807) is 0 Å². The average Bonchev–Trinajstić information content (AvgIpc) is 2.36. The molecular formula is C13H25N3O2. The molecule has 1 fully saturated rings. The maximum Gasteiger partial charge on any atom is 0.239 e. The van der Waals surface area contributed by atoms with Crippen LogP contribution in [0.5, 0.6) is 0 Å². The van der Waals surface area contributed by atoms with Gasteiger partial charge in [0.1, 0.15) is 0 Å². The van der Waals surface area contributed by atoms with Gasteiger partial charge in [-0.1, -0.05) is 19.3 Å². The average molecular weight is 255 g/mol. The molecule has 5 heteroatoms. The van der Waals surface area contributed by atoms with E-state index in [1.807, 2.05) is 13.8 Å². The third-order valence-corrected chi connectivity index (χ3v) is 3.54. The molecule has 2 amide bonds. The van der Waals surface area contributed by atoms with E-state index >= 15 is 0 Å². The van der Waals surface area contributed by atoms with E-state index in [1.165, 1.54) is 6.42 Å². The van der Waals surface area contributed by atoms with Crippen molar-refractivity contribution in [1.82, 2.24) is 10.6 Å². The van der Waals surface area contributed by atoms with Crippen molar-refractivity contribution in [3.63, 3.8) is 0 Å². The largest absolute Gasteiger partial charge is 0.352 e. The number of carbonyl (C=O) groups excluding carboxylic acids is 2. The first-order valence-electron chi connectivity index (χ1n) is 6.78. The van der Waals surface area contributed by atoms with Gasteiger partial charge in [-0.15, -0.1) is 0 Å². The van der Waals surface area contributed by atoms with Crippen molar-refractivity contribution in [3.05, 3.63) is 0 Å². The van der Waals surface area contributed by atoms with E-state index in [0.29, 0.717) is 6.54 Å². The number of nitrogens with two attached hydrogens (primary N) is 1. The minimum Gasteiger partial charge on any atom is -0.352 e. The summed E-state index contributed by atoms with van der Waals surface area (Å²) in [5.74, 6) is -0.218. The van der Waals surface area contributed by atoms with Crippen LogP contribution in [0.15, 0.2) is 0 Å². The normalized spacial score (nSPS) is 18.4. The molecular weight excluding hydrogens is 230 g/mol. The lowest BCUT2D eigenvalue weighted by atomic mass is 9.73. The van der Waals surface area contributed by atoms with Crippen molar-refractivity contribution in [2.75, 3.05) is 13.1 Å². The highest BCUT2D eigenvalue weighted by molar-refractivity contribution is 5.88. The molecule has 5 nitrogen and oxygen atoms in total. The summed E-state index contributed by atoms with van der Waals surface area (Å²) in [4.78, 5) is 23.6. The van der Waals surface area contributed by atoms with Crippen LogP contribution in [0.2, 0.25) is 0 Å². The van der Waals surface area contributed by atoms with Crippen molar-refractivity contribution < 1.29 is 9.59 Å². The Morgan fingerprint density at radius 1 is 1.22 bits per heavy atom. The Labute approximate surface area is 109 Å². The standard InChI is InChI=1S/C13H25N3O2/c1-10(2)16-11(17)8-15-12(18)13(9-14)6-4-3-5-7-13/h10H,3-9,14H2,1-2H3,(H,15,18)(H,16,17). The van der Waals surface area contributed by atoms with Gasteiger partial charge in [-0.3, -0.25) is 9.59 Å². The summed E-state index contributed by atoms with van der Waals surface area (Å²) in [5, 5.41) is 5.46. The molecule has 0 radical (unpaired) electrons. The predicted molar refractivity (Wildman–Crippen MR) is 70.9 cm³/mol. The van der Waals surface area contributed by atoms with E-state index in [-0.39, 0.29) is 24.4 Å². The molecule has 4 N–H and O–H groups in total. The Kier molecular flexibility index (Phi) is 5.59. The Morgan fingerprint density at radius 2 is 1.83 bits per heavy atom. The fourth-order valence-corrected chi connectivity index (χ4v) is 2.47. The highest BCUT2D eigenvalue weighted by Crippen LogP contribution is 2.35. The Hall–Kier alpha value is -1.10. The molecule has 0 spiro atoms. The monoisotopic (exact) mass is 255 g/mol. The molecule has 1 rings (SSSR count). The lowest BCUT2D eigenvalue weighted by Crippen LogP contribution is -2.50. The van der Waals surface area contributed by atoms with Gasteiger partial charge in [0, 0.05) is 12.6 Å². The molecule has 0 atom stereocenters. The molecule has 0 bridgehead atoms. The Bertz CT molecular complexity index is 297. The number of hydrogen-bond acceptors (Lipinski definition) is 3.